The van der Waals surface area contributed by atoms with Crippen molar-refractivity contribution in [3.8, 4) is 6.07 Å². The van der Waals surface area contributed by atoms with Crippen LogP contribution in [0.4, 0.5) is 5.82 Å². The SMILES string of the molecule is CC1(C)C(=O)NCCN1c1nc2c(cc1C#N)CCCC2. The number of rotatable bonds is 1. The van der Waals surface area contributed by atoms with Gasteiger partial charge in [0.25, 0.3) is 0 Å². The number of pyridine rings is 1. The van der Waals surface area contributed by atoms with Crippen LogP contribution in [0.3, 0.4) is 0 Å². The van der Waals surface area contributed by atoms with Crippen LogP contribution in [-0.2, 0) is 17.6 Å². The van der Waals surface area contributed by atoms with Crippen LogP contribution in [0.5, 0.6) is 0 Å². The number of nitrogens with one attached hydrogen (secondary N) is 1. The summed E-state index contributed by atoms with van der Waals surface area (Å²) in [5.74, 6) is 0.648. The van der Waals surface area contributed by atoms with E-state index in [1.807, 2.05) is 24.8 Å². The molecule has 0 atom stereocenters. The van der Waals surface area contributed by atoms with Crippen LogP contribution < -0.4 is 10.2 Å². The molecule has 0 spiro atoms. The molecule has 1 saturated heterocycles. The number of aryl methyl sites for hydroxylation is 2. The molecular weight excluding hydrogens is 264 g/mol. The van der Waals surface area contributed by atoms with Crippen LogP contribution in [0, 0.1) is 11.3 Å². The molecule has 2 heterocycles. The van der Waals surface area contributed by atoms with Gasteiger partial charge in [-0.15, -0.1) is 0 Å². The quantitative estimate of drug-likeness (QED) is 0.849. The number of carbonyl (C=O) groups excluding carboxylic acids is 1. The van der Waals surface area contributed by atoms with Gasteiger partial charge >= 0.3 is 0 Å². The van der Waals surface area contributed by atoms with E-state index in [9.17, 15) is 10.1 Å². The van der Waals surface area contributed by atoms with Crippen molar-refractivity contribution in [2.75, 3.05) is 18.0 Å². The van der Waals surface area contributed by atoms with E-state index in [1.54, 1.807) is 0 Å². The monoisotopic (exact) mass is 284 g/mol. The Morgan fingerprint density at radius 2 is 2.14 bits per heavy atom. The van der Waals surface area contributed by atoms with E-state index in [0.29, 0.717) is 24.5 Å². The Hall–Kier alpha value is -2.09. The molecule has 21 heavy (non-hydrogen) atoms. The van der Waals surface area contributed by atoms with Crippen LogP contribution in [0.25, 0.3) is 0 Å². The lowest BCUT2D eigenvalue weighted by Crippen LogP contribution is -2.62. The number of nitriles is 1. The summed E-state index contributed by atoms with van der Waals surface area (Å²) in [5.41, 5.74) is 2.19. The fourth-order valence-corrected chi connectivity index (χ4v) is 3.18. The van der Waals surface area contributed by atoms with E-state index in [-0.39, 0.29) is 5.91 Å². The zero-order valence-electron chi connectivity index (χ0n) is 12.6. The normalized spacial score (nSPS) is 20.4. The summed E-state index contributed by atoms with van der Waals surface area (Å²) in [5, 5.41) is 12.4. The van der Waals surface area contributed by atoms with Crippen molar-refractivity contribution in [1.82, 2.24) is 10.3 Å². The van der Waals surface area contributed by atoms with E-state index in [2.05, 4.69) is 11.4 Å². The van der Waals surface area contributed by atoms with E-state index in [0.717, 1.165) is 31.4 Å². The number of aromatic nitrogens is 1. The molecule has 5 nitrogen and oxygen atoms in total. The Morgan fingerprint density at radius 3 is 2.90 bits per heavy atom. The fourth-order valence-electron chi connectivity index (χ4n) is 3.18. The second-order valence-electron chi connectivity index (χ2n) is 6.25. The highest BCUT2D eigenvalue weighted by molar-refractivity contribution is 5.90. The minimum absolute atomic E-state index is 0.0165. The molecular formula is C16H20N4O. The first kappa shape index (κ1) is 13.9. The maximum Gasteiger partial charge on any atom is 0.245 e. The third-order valence-electron chi connectivity index (χ3n) is 4.51. The van der Waals surface area contributed by atoms with Gasteiger partial charge in [-0.3, -0.25) is 4.79 Å². The molecule has 1 aromatic rings. The molecule has 2 aliphatic rings. The summed E-state index contributed by atoms with van der Waals surface area (Å²) in [4.78, 5) is 18.9. The van der Waals surface area contributed by atoms with Gasteiger partial charge in [0.15, 0.2) is 0 Å². The molecule has 3 rings (SSSR count). The Bertz CT molecular complexity index is 630. The number of anilines is 1. The highest BCUT2D eigenvalue weighted by atomic mass is 16.2. The summed E-state index contributed by atoms with van der Waals surface area (Å²) in [6.45, 7) is 5.03. The summed E-state index contributed by atoms with van der Waals surface area (Å²) in [7, 11) is 0. The zero-order valence-corrected chi connectivity index (χ0v) is 12.6. The molecule has 5 heteroatoms. The average Bonchev–Trinajstić information content (AvgIpc) is 2.48. The standard InChI is InChI=1S/C16H20N4O/c1-16(2)15(21)18-7-8-20(16)14-12(10-17)9-11-5-3-4-6-13(11)19-14/h9H,3-8H2,1-2H3,(H,18,21). The van der Waals surface area contributed by atoms with Crippen LogP contribution in [0.15, 0.2) is 6.07 Å². The largest absolute Gasteiger partial charge is 0.352 e. The number of amides is 1. The van der Waals surface area contributed by atoms with Crippen molar-refractivity contribution in [3.63, 3.8) is 0 Å². The van der Waals surface area contributed by atoms with Gasteiger partial charge in [0, 0.05) is 18.8 Å². The van der Waals surface area contributed by atoms with Gasteiger partial charge in [-0.25, -0.2) is 4.98 Å². The van der Waals surface area contributed by atoms with Crippen molar-refractivity contribution in [2.45, 2.75) is 45.1 Å². The lowest BCUT2D eigenvalue weighted by atomic mass is 9.93. The van der Waals surface area contributed by atoms with Gasteiger partial charge in [0.05, 0.1) is 5.56 Å². The van der Waals surface area contributed by atoms with E-state index in [4.69, 9.17) is 4.98 Å². The van der Waals surface area contributed by atoms with Gasteiger partial charge in [-0.05, 0) is 51.2 Å². The highest BCUT2D eigenvalue weighted by Crippen LogP contribution is 2.31. The minimum Gasteiger partial charge on any atom is -0.352 e. The predicted molar refractivity (Wildman–Crippen MR) is 80.0 cm³/mol. The molecule has 0 aromatic carbocycles. The summed E-state index contributed by atoms with van der Waals surface area (Å²) < 4.78 is 0. The number of nitrogens with zero attached hydrogens (tertiary/aromatic N) is 3. The summed E-state index contributed by atoms with van der Waals surface area (Å²) in [6.07, 6.45) is 4.28. The molecule has 1 fully saturated rings. The van der Waals surface area contributed by atoms with Gasteiger partial charge in [0.1, 0.15) is 17.4 Å². The topological polar surface area (TPSA) is 69.0 Å². The van der Waals surface area contributed by atoms with Crippen LogP contribution in [0.1, 0.15) is 43.5 Å². The smallest absolute Gasteiger partial charge is 0.245 e. The average molecular weight is 284 g/mol. The fraction of sp³-hybridized carbons (Fsp3) is 0.562. The number of hydrogen-bond acceptors (Lipinski definition) is 4. The van der Waals surface area contributed by atoms with Gasteiger partial charge < -0.3 is 10.2 Å². The first-order valence-corrected chi connectivity index (χ1v) is 7.53. The van der Waals surface area contributed by atoms with Crippen molar-refractivity contribution in [3.05, 3.63) is 22.9 Å². The molecule has 110 valence electrons. The lowest BCUT2D eigenvalue weighted by Gasteiger charge is -2.42. The first-order chi connectivity index (χ1) is 10.0. The highest BCUT2D eigenvalue weighted by Gasteiger charge is 2.39. The number of piperazine rings is 1. The Balaban J connectivity index is 2.09. The van der Waals surface area contributed by atoms with Gasteiger partial charge in [-0.2, -0.15) is 5.26 Å². The third-order valence-corrected chi connectivity index (χ3v) is 4.51. The van der Waals surface area contributed by atoms with E-state index >= 15 is 0 Å². The predicted octanol–water partition coefficient (Wildman–Crippen LogP) is 1.55. The van der Waals surface area contributed by atoms with E-state index in [1.165, 1.54) is 5.56 Å². The van der Waals surface area contributed by atoms with Crippen molar-refractivity contribution >= 4 is 11.7 Å². The summed E-state index contributed by atoms with van der Waals surface area (Å²) in [6, 6.07) is 4.23. The molecule has 1 amide bonds. The second-order valence-corrected chi connectivity index (χ2v) is 6.25. The second kappa shape index (κ2) is 5.03. The summed E-state index contributed by atoms with van der Waals surface area (Å²) >= 11 is 0. The zero-order chi connectivity index (χ0) is 15.0. The molecule has 0 unspecified atom stereocenters. The number of fused-ring (bicyclic) bond motifs is 1. The molecule has 0 bridgehead atoms. The molecule has 0 saturated carbocycles. The van der Waals surface area contributed by atoms with Crippen molar-refractivity contribution in [2.24, 2.45) is 0 Å². The molecule has 1 aromatic heterocycles. The maximum atomic E-state index is 12.1. The number of carbonyl (C=O) groups is 1. The van der Waals surface area contributed by atoms with Gasteiger partial charge in [0.2, 0.25) is 5.91 Å². The van der Waals surface area contributed by atoms with Crippen molar-refractivity contribution < 1.29 is 4.79 Å². The van der Waals surface area contributed by atoms with E-state index < -0.39 is 5.54 Å². The van der Waals surface area contributed by atoms with Gasteiger partial charge in [-0.1, -0.05) is 0 Å². The molecule has 1 aliphatic heterocycles. The maximum absolute atomic E-state index is 12.1. The molecule has 1 N–H and O–H groups in total. The number of hydrogen-bond donors (Lipinski definition) is 1. The Kier molecular flexibility index (Phi) is 3.32. The third kappa shape index (κ3) is 2.25. The minimum atomic E-state index is -0.681. The lowest BCUT2D eigenvalue weighted by molar-refractivity contribution is -0.126. The molecule has 1 aliphatic carbocycles. The first-order valence-electron chi connectivity index (χ1n) is 7.53. The van der Waals surface area contributed by atoms with Crippen molar-refractivity contribution in [1.29, 1.82) is 5.26 Å². The molecule has 0 radical (unpaired) electrons. The van der Waals surface area contributed by atoms with Crippen LogP contribution in [0.2, 0.25) is 0 Å². The Morgan fingerprint density at radius 1 is 1.38 bits per heavy atom. The van der Waals surface area contributed by atoms with Crippen LogP contribution >= 0.6 is 0 Å². The Labute approximate surface area is 125 Å². The van der Waals surface area contributed by atoms with Crippen LogP contribution in [-0.4, -0.2) is 29.5 Å².